The van der Waals surface area contributed by atoms with Crippen molar-refractivity contribution in [3.8, 4) is 0 Å². The first-order chi connectivity index (χ1) is 12.0. The first-order valence-corrected chi connectivity index (χ1v) is 7.74. The second-order valence-electron chi connectivity index (χ2n) is 5.73. The fraction of sp³-hybridized carbons (Fsp3) is 0.222. The van der Waals surface area contributed by atoms with Gasteiger partial charge in [-0.25, -0.2) is 13.6 Å². The lowest BCUT2D eigenvalue weighted by Crippen LogP contribution is -2.39. The first-order valence-electron chi connectivity index (χ1n) is 7.74. The Balaban J connectivity index is 1.65. The van der Waals surface area contributed by atoms with Gasteiger partial charge in [-0.3, -0.25) is 4.79 Å². The van der Waals surface area contributed by atoms with Crippen LogP contribution in [-0.2, 0) is 16.1 Å². The molecule has 3 rings (SSSR count). The van der Waals surface area contributed by atoms with E-state index >= 15 is 0 Å². The molecule has 1 fully saturated rings. The Morgan fingerprint density at radius 3 is 2.68 bits per heavy atom. The summed E-state index contributed by atoms with van der Waals surface area (Å²) in [5.74, 6) is -1.82. The predicted molar refractivity (Wildman–Crippen MR) is 85.4 cm³/mol. The molecule has 0 aromatic heterocycles. The first kappa shape index (κ1) is 16.9. The number of halogens is 2. The zero-order chi connectivity index (χ0) is 17.8. The Kier molecular flexibility index (Phi) is 4.92. The van der Waals surface area contributed by atoms with Crippen LogP contribution in [0.2, 0.25) is 0 Å². The molecule has 1 aliphatic rings. The lowest BCUT2D eigenvalue weighted by molar-refractivity contribution is -0.119. The molecule has 2 N–H and O–H groups in total. The van der Waals surface area contributed by atoms with E-state index in [1.54, 1.807) is 0 Å². The van der Waals surface area contributed by atoms with Crippen molar-refractivity contribution in [2.24, 2.45) is 0 Å². The SMILES string of the molecule is O=C1C[C@H](NC(=O)OCc2ccccc2)C(c2ccc(F)cc2F)N1. The van der Waals surface area contributed by atoms with E-state index in [1.165, 1.54) is 6.07 Å². The monoisotopic (exact) mass is 346 g/mol. The van der Waals surface area contributed by atoms with Gasteiger partial charge in [-0.2, -0.15) is 0 Å². The quantitative estimate of drug-likeness (QED) is 0.895. The molecule has 5 nitrogen and oxygen atoms in total. The van der Waals surface area contributed by atoms with Gasteiger partial charge < -0.3 is 15.4 Å². The predicted octanol–water partition coefficient (Wildman–Crippen LogP) is 2.82. The number of carbonyl (C=O) groups is 2. The highest BCUT2D eigenvalue weighted by atomic mass is 19.1. The van der Waals surface area contributed by atoms with Gasteiger partial charge in [-0.15, -0.1) is 0 Å². The maximum absolute atomic E-state index is 14.0. The molecule has 25 heavy (non-hydrogen) atoms. The lowest BCUT2D eigenvalue weighted by atomic mass is 10.0. The number of ether oxygens (including phenoxy) is 1. The van der Waals surface area contributed by atoms with Crippen LogP contribution < -0.4 is 10.6 Å². The molecule has 0 spiro atoms. The summed E-state index contributed by atoms with van der Waals surface area (Å²) in [6.45, 7) is 0.0797. The van der Waals surface area contributed by atoms with Crippen molar-refractivity contribution in [3.05, 3.63) is 71.3 Å². The van der Waals surface area contributed by atoms with Crippen LogP contribution in [0.15, 0.2) is 48.5 Å². The number of nitrogens with one attached hydrogen (secondary N) is 2. The van der Waals surface area contributed by atoms with Crippen LogP contribution in [0.4, 0.5) is 13.6 Å². The molecule has 0 bridgehead atoms. The molecule has 130 valence electrons. The van der Waals surface area contributed by atoms with Crippen LogP contribution in [-0.4, -0.2) is 18.0 Å². The summed E-state index contributed by atoms with van der Waals surface area (Å²) < 4.78 is 32.2. The van der Waals surface area contributed by atoms with Gasteiger partial charge in [0.2, 0.25) is 5.91 Å². The Morgan fingerprint density at radius 1 is 1.20 bits per heavy atom. The fourth-order valence-corrected chi connectivity index (χ4v) is 2.75. The molecule has 2 amide bonds. The van der Waals surface area contributed by atoms with Gasteiger partial charge in [-0.1, -0.05) is 36.4 Å². The average Bonchev–Trinajstić information content (AvgIpc) is 2.94. The highest BCUT2D eigenvalue weighted by Gasteiger charge is 2.36. The smallest absolute Gasteiger partial charge is 0.407 e. The third-order valence-electron chi connectivity index (χ3n) is 3.94. The summed E-state index contributed by atoms with van der Waals surface area (Å²) in [5.41, 5.74) is 0.931. The van der Waals surface area contributed by atoms with Gasteiger partial charge in [0.15, 0.2) is 0 Å². The van der Waals surface area contributed by atoms with Crippen molar-refractivity contribution in [1.82, 2.24) is 10.6 Å². The number of hydrogen-bond acceptors (Lipinski definition) is 3. The molecule has 0 aliphatic carbocycles. The van der Waals surface area contributed by atoms with Crippen LogP contribution >= 0.6 is 0 Å². The van der Waals surface area contributed by atoms with E-state index < -0.39 is 29.8 Å². The van der Waals surface area contributed by atoms with Crippen molar-refractivity contribution in [2.75, 3.05) is 0 Å². The molecule has 1 aliphatic heterocycles. The maximum atomic E-state index is 14.0. The molecular formula is C18H16F2N2O3. The van der Waals surface area contributed by atoms with E-state index in [4.69, 9.17) is 4.74 Å². The lowest BCUT2D eigenvalue weighted by Gasteiger charge is -2.20. The van der Waals surface area contributed by atoms with Crippen molar-refractivity contribution in [3.63, 3.8) is 0 Å². The summed E-state index contributed by atoms with van der Waals surface area (Å²) in [6, 6.07) is 10.8. The van der Waals surface area contributed by atoms with Gasteiger partial charge in [0, 0.05) is 18.1 Å². The fourth-order valence-electron chi connectivity index (χ4n) is 2.75. The van der Waals surface area contributed by atoms with Crippen LogP contribution in [0.3, 0.4) is 0 Å². The summed E-state index contributed by atoms with van der Waals surface area (Å²) >= 11 is 0. The van der Waals surface area contributed by atoms with Gasteiger partial charge in [0.25, 0.3) is 0 Å². The van der Waals surface area contributed by atoms with Gasteiger partial charge >= 0.3 is 6.09 Å². The minimum absolute atomic E-state index is 0.0120. The van der Waals surface area contributed by atoms with Crippen LogP contribution in [0.25, 0.3) is 0 Å². The zero-order valence-corrected chi connectivity index (χ0v) is 13.2. The maximum Gasteiger partial charge on any atom is 0.407 e. The molecule has 2 aromatic carbocycles. The molecule has 1 saturated heterocycles. The second kappa shape index (κ2) is 7.29. The molecule has 7 heteroatoms. The van der Waals surface area contributed by atoms with Crippen LogP contribution in [0.1, 0.15) is 23.6 Å². The molecule has 2 aromatic rings. The Bertz CT molecular complexity index is 783. The minimum atomic E-state index is -0.781. The summed E-state index contributed by atoms with van der Waals surface area (Å²) in [6.07, 6.45) is -0.722. The standard InChI is InChI=1S/C18H16F2N2O3/c19-12-6-7-13(14(20)8-12)17-15(9-16(23)22-17)21-18(24)25-10-11-4-2-1-3-5-11/h1-8,15,17H,9-10H2,(H,21,24)(H,22,23)/t15-,17?/m0/s1. The Hall–Kier alpha value is -2.96. The van der Waals surface area contributed by atoms with Crippen LogP contribution in [0, 0.1) is 11.6 Å². The van der Waals surface area contributed by atoms with Gasteiger partial charge in [-0.05, 0) is 11.6 Å². The number of rotatable bonds is 4. The molecular weight excluding hydrogens is 330 g/mol. The highest BCUT2D eigenvalue weighted by molar-refractivity contribution is 5.81. The molecule has 1 heterocycles. The van der Waals surface area contributed by atoms with E-state index in [2.05, 4.69) is 10.6 Å². The van der Waals surface area contributed by atoms with E-state index in [1.807, 2.05) is 30.3 Å². The average molecular weight is 346 g/mol. The number of carbonyl (C=O) groups excluding carboxylic acids is 2. The summed E-state index contributed by atoms with van der Waals surface area (Å²) in [4.78, 5) is 23.6. The number of benzene rings is 2. The third kappa shape index (κ3) is 4.12. The Morgan fingerprint density at radius 2 is 1.96 bits per heavy atom. The highest BCUT2D eigenvalue weighted by Crippen LogP contribution is 2.27. The van der Waals surface area contributed by atoms with Crippen molar-refractivity contribution in [2.45, 2.75) is 25.1 Å². The van der Waals surface area contributed by atoms with Crippen molar-refractivity contribution in [1.29, 1.82) is 0 Å². The van der Waals surface area contributed by atoms with Gasteiger partial charge in [0.05, 0.1) is 12.1 Å². The van der Waals surface area contributed by atoms with E-state index in [0.29, 0.717) is 0 Å². The number of alkyl carbamates (subject to hydrolysis) is 1. The zero-order valence-electron chi connectivity index (χ0n) is 13.2. The molecule has 0 radical (unpaired) electrons. The number of hydrogen-bond donors (Lipinski definition) is 2. The second-order valence-corrected chi connectivity index (χ2v) is 5.73. The molecule has 1 unspecified atom stereocenters. The van der Waals surface area contributed by atoms with Crippen molar-refractivity contribution >= 4 is 12.0 Å². The topological polar surface area (TPSA) is 67.4 Å². The normalized spacial score (nSPS) is 19.4. The van der Waals surface area contributed by atoms with Crippen molar-refractivity contribution < 1.29 is 23.1 Å². The molecule has 0 saturated carbocycles. The third-order valence-corrected chi connectivity index (χ3v) is 3.94. The van der Waals surface area contributed by atoms with E-state index in [-0.39, 0.29) is 24.5 Å². The minimum Gasteiger partial charge on any atom is -0.445 e. The van der Waals surface area contributed by atoms with E-state index in [9.17, 15) is 18.4 Å². The summed E-state index contributed by atoms with van der Waals surface area (Å²) in [7, 11) is 0. The Labute approximate surface area is 143 Å². The van der Waals surface area contributed by atoms with Crippen LogP contribution in [0.5, 0.6) is 0 Å². The molecule has 2 atom stereocenters. The van der Waals surface area contributed by atoms with E-state index in [0.717, 1.165) is 17.7 Å². The van der Waals surface area contributed by atoms with Gasteiger partial charge in [0.1, 0.15) is 18.2 Å². The number of amides is 2. The summed E-state index contributed by atoms with van der Waals surface area (Å²) in [5, 5.41) is 5.15. The largest absolute Gasteiger partial charge is 0.445 e.